The third-order valence-corrected chi connectivity index (χ3v) is 4.38. The van der Waals surface area contributed by atoms with Crippen LogP contribution in [-0.2, 0) is 0 Å². The van der Waals surface area contributed by atoms with Crippen LogP contribution in [0.4, 0.5) is 23.3 Å². The summed E-state index contributed by atoms with van der Waals surface area (Å²) in [6.07, 6.45) is 1.74. The highest BCUT2D eigenvalue weighted by atomic mass is 15.2. The number of hydrogen-bond donors (Lipinski definition) is 2. The van der Waals surface area contributed by atoms with Crippen LogP contribution in [0.1, 0.15) is 25.2 Å². The Labute approximate surface area is 170 Å². The Balaban J connectivity index is 1.88. The molecule has 0 atom stereocenters. The summed E-state index contributed by atoms with van der Waals surface area (Å²) in [7, 11) is 0. The molecule has 0 amide bonds. The van der Waals surface area contributed by atoms with E-state index in [9.17, 15) is 5.26 Å². The minimum absolute atomic E-state index is 0.0477. The van der Waals surface area contributed by atoms with Crippen molar-refractivity contribution in [2.45, 2.75) is 13.8 Å². The van der Waals surface area contributed by atoms with E-state index in [4.69, 9.17) is 5.73 Å². The molecule has 7 nitrogen and oxygen atoms in total. The number of nitrogens with one attached hydrogen (secondary N) is 1. The normalized spacial score (nSPS) is 11.0. The van der Waals surface area contributed by atoms with Crippen molar-refractivity contribution in [3.8, 4) is 6.07 Å². The molecule has 0 radical (unpaired) electrons. The van der Waals surface area contributed by atoms with Crippen molar-refractivity contribution in [2.75, 3.05) is 29.0 Å². The molecular formula is C22H23N7. The highest BCUT2D eigenvalue weighted by molar-refractivity contribution is 5.87. The highest BCUT2D eigenvalue weighted by Crippen LogP contribution is 2.21. The lowest BCUT2D eigenvalue weighted by atomic mass is 10.1. The van der Waals surface area contributed by atoms with Gasteiger partial charge in [0.2, 0.25) is 11.9 Å². The van der Waals surface area contributed by atoms with Crippen LogP contribution in [0, 0.1) is 11.3 Å². The Bertz CT molecular complexity index is 1020. The zero-order valence-electron chi connectivity index (χ0n) is 16.5. The number of para-hydroxylation sites is 1. The molecule has 0 aliphatic rings. The maximum absolute atomic E-state index is 9.64. The van der Waals surface area contributed by atoms with Gasteiger partial charge in [0.15, 0.2) is 5.82 Å². The molecule has 0 aliphatic heterocycles. The monoisotopic (exact) mass is 385 g/mol. The van der Waals surface area contributed by atoms with Crippen molar-refractivity contribution in [2.24, 2.45) is 0 Å². The zero-order valence-corrected chi connectivity index (χ0v) is 16.5. The van der Waals surface area contributed by atoms with Gasteiger partial charge in [-0.15, -0.1) is 0 Å². The lowest BCUT2D eigenvalue weighted by molar-refractivity contribution is 0.866. The maximum Gasteiger partial charge on any atom is 0.232 e. The van der Waals surface area contributed by atoms with Gasteiger partial charge in [-0.1, -0.05) is 30.3 Å². The lowest BCUT2D eigenvalue weighted by Gasteiger charge is -2.20. The van der Waals surface area contributed by atoms with Crippen LogP contribution < -0.4 is 16.0 Å². The number of rotatable bonds is 7. The Morgan fingerprint density at radius 1 is 1.03 bits per heavy atom. The smallest absolute Gasteiger partial charge is 0.232 e. The van der Waals surface area contributed by atoms with Crippen LogP contribution in [0.3, 0.4) is 0 Å². The molecule has 0 saturated carbocycles. The van der Waals surface area contributed by atoms with E-state index in [1.54, 1.807) is 6.08 Å². The van der Waals surface area contributed by atoms with Gasteiger partial charge in [0, 0.05) is 24.5 Å². The predicted octanol–water partition coefficient (Wildman–Crippen LogP) is 4.11. The zero-order chi connectivity index (χ0) is 20.6. The molecule has 146 valence electrons. The van der Waals surface area contributed by atoms with E-state index in [1.807, 2.05) is 54.6 Å². The van der Waals surface area contributed by atoms with Crippen LogP contribution >= 0.6 is 0 Å². The van der Waals surface area contributed by atoms with E-state index in [0.717, 1.165) is 30.0 Å². The summed E-state index contributed by atoms with van der Waals surface area (Å²) in [4.78, 5) is 14.8. The van der Waals surface area contributed by atoms with Crippen molar-refractivity contribution in [1.29, 1.82) is 5.26 Å². The summed E-state index contributed by atoms with van der Waals surface area (Å²) in [5.74, 6) is 0.564. The van der Waals surface area contributed by atoms with Crippen molar-refractivity contribution in [1.82, 2.24) is 15.0 Å². The van der Waals surface area contributed by atoms with Crippen LogP contribution in [0.15, 0.2) is 54.6 Å². The van der Waals surface area contributed by atoms with Crippen LogP contribution in [0.25, 0.3) is 11.6 Å². The number of aromatic nitrogens is 3. The fraction of sp³-hybridized carbons (Fsp3) is 0.182. The second-order valence-electron chi connectivity index (χ2n) is 6.27. The first-order valence-electron chi connectivity index (χ1n) is 9.43. The summed E-state index contributed by atoms with van der Waals surface area (Å²) in [6.45, 7) is 6.13. The topological polar surface area (TPSA) is 104 Å². The van der Waals surface area contributed by atoms with E-state index < -0.39 is 0 Å². The first kappa shape index (κ1) is 19.8. The molecule has 29 heavy (non-hydrogen) atoms. The first-order valence-corrected chi connectivity index (χ1v) is 9.43. The van der Waals surface area contributed by atoms with E-state index in [2.05, 4.69) is 45.1 Å². The molecule has 3 rings (SSSR count). The second kappa shape index (κ2) is 9.33. The molecule has 0 fully saturated rings. The molecule has 7 heteroatoms. The molecule has 1 heterocycles. The molecule has 3 N–H and O–H groups in total. The molecule has 0 unspecified atom stereocenters. The summed E-state index contributed by atoms with van der Waals surface area (Å²) in [6, 6.07) is 19.7. The van der Waals surface area contributed by atoms with Gasteiger partial charge in [-0.2, -0.15) is 20.2 Å². The number of nitriles is 1. The largest absolute Gasteiger partial charge is 0.372 e. The van der Waals surface area contributed by atoms with Gasteiger partial charge in [-0.3, -0.25) is 0 Å². The minimum Gasteiger partial charge on any atom is -0.372 e. The highest BCUT2D eigenvalue weighted by Gasteiger charge is 2.10. The van der Waals surface area contributed by atoms with Crippen molar-refractivity contribution >= 4 is 34.9 Å². The van der Waals surface area contributed by atoms with Crippen molar-refractivity contribution in [3.05, 3.63) is 66.0 Å². The third kappa shape index (κ3) is 5.08. The van der Waals surface area contributed by atoms with E-state index in [0.29, 0.717) is 5.57 Å². The summed E-state index contributed by atoms with van der Waals surface area (Å²) < 4.78 is 0. The minimum atomic E-state index is 0.0477. The van der Waals surface area contributed by atoms with E-state index in [1.165, 1.54) is 0 Å². The lowest BCUT2D eigenvalue weighted by Crippen LogP contribution is -2.21. The van der Waals surface area contributed by atoms with Crippen molar-refractivity contribution < 1.29 is 0 Å². The quantitative estimate of drug-likeness (QED) is 0.590. The fourth-order valence-electron chi connectivity index (χ4n) is 2.90. The molecular weight excluding hydrogens is 362 g/mol. The molecule has 0 saturated heterocycles. The Morgan fingerprint density at radius 2 is 1.72 bits per heavy atom. The Morgan fingerprint density at radius 3 is 2.34 bits per heavy atom. The van der Waals surface area contributed by atoms with Gasteiger partial charge in [-0.05, 0) is 49.8 Å². The SMILES string of the molecule is CCN(CC)c1ccc(/C=C(\C#N)c2nc(N)nc(Nc3ccccc3)n2)cc1. The van der Waals surface area contributed by atoms with Gasteiger partial charge < -0.3 is 16.0 Å². The molecule has 3 aromatic rings. The summed E-state index contributed by atoms with van der Waals surface area (Å²) >= 11 is 0. The number of anilines is 4. The number of hydrogen-bond acceptors (Lipinski definition) is 7. The molecule has 2 aromatic carbocycles. The molecule has 0 aliphatic carbocycles. The molecule has 0 bridgehead atoms. The Hall–Kier alpha value is -3.92. The first-order chi connectivity index (χ1) is 14.1. The molecule has 0 spiro atoms. The van der Waals surface area contributed by atoms with Gasteiger partial charge in [0.05, 0.1) is 5.57 Å². The van der Waals surface area contributed by atoms with Gasteiger partial charge in [0.25, 0.3) is 0 Å². The Kier molecular flexibility index (Phi) is 6.38. The number of nitrogens with two attached hydrogens (primary N) is 1. The van der Waals surface area contributed by atoms with E-state index in [-0.39, 0.29) is 17.7 Å². The van der Waals surface area contributed by atoms with E-state index >= 15 is 0 Å². The maximum atomic E-state index is 9.64. The fourth-order valence-corrected chi connectivity index (χ4v) is 2.90. The predicted molar refractivity (Wildman–Crippen MR) is 117 cm³/mol. The number of benzene rings is 2. The van der Waals surface area contributed by atoms with Gasteiger partial charge >= 0.3 is 0 Å². The van der Waals surface area contributed by atoms with Crippen molar-refractivity contribution in [3.63, 3.8) is 0 Å². The average Bonchev–Trinajstić information content (AvgIpc) is 2.74. The number of allylic oxidation sites excluding steroid dienone is 1. The van der Waals surface area contributed by atoms with Crippen LogP contribution in [0.5, 0.6) is 0 Å². The summed E-state index contributed by atoms with van der Waals surface area (Å²) in [5, 5.41) is 12.7. The van der Waals surface area contributed by atoms with Crippen LogP contribution in [0.2, 0.25) is 0 Å². The summed E-state index contributed by atoms with van der Waals surface area (Å²) in [5.41, 5.74) is 8.99. The van der Waals surface area contributed by atoms with Gasteiger partial charge in [-0.25, -0.2) is 0 Å². The second-order valence-corrected chi connectivity index (χ2v) is 6.27. The molecule has 1 aromatic heterocycles. The third-order valence-electron chi connectivity index (χ3n) is 4.38. The van der Waals surface area contributed by atoms with Crippen LogP contribution in [-0.4, -0.2) is 28.0 Å². The number of nitrogen functional groups attached to an aromatic ring is 1. The average molecular weight is 385 g/mol. The number of nitrogens with zero attached hydrogens (tertiary/aromatic N) is 5. The van der Waals surface area contributed by atoms with Gasteiger partial charge in [0.1, 0.15) is 6.07 Å². The standard InChI is InChI=1S/C22H23N7/c1-3-29(4-2)19-12-10-16(11-13-19)14-17(15-23)20-26-21(24)28-22(27-20)25-18-8-6-5-7-9-18/h5-14H,3-4H2,1-2H3,(H3,24,25,26,27,28)/b17-14+.